The van der Waals surface area contributed by atoms with Crippen LogP contribution in [0, 0.1) is 6.92 Å². The first-order valence-electron chi connectivity index (χ1n) is 8.26. The number of nitrogens with one attached hydrogen (secondary N) is 1. The molecule has 0 aliphatic rings. The Hall–Kier alpha value is -2.80. The Labute approximate surface area is 161 Å². The van der Waals surface area contributed by atoms with E-state index in [4.69, 9.17) is 21.1 Å². The zero-order valence-electron chi connectivity index (χ0n) is 15.3. The van der Waals surface area contributed by atoms with Gasteiger partial charge in [0, 0.05) is 19.0 Å². The topological polar surface area (TPSA) is 99.9 Å². The lowest BCUT2D eigenvalue weighted by atomic mass is 10.0. The fraction of sp³-hybridized carbons (Fsp3) is 0.316. The van der Waals surface area contributed by atoms with Crippen LogP contribution in [0.5, 0.6) is 0 Å². The lowest BCUT2D eigenvalue weighted by molar-refractivity contribution is -0.131. The van der Waals surface area contributed by atoms with E-state index in [0.717, 1.165) is 5.56 Å². The molecule has 0 fully saturated rings. The number of hydrogen-bond donors (Lipinski definition) is 2. The van der Waals surface area contributed by atoms with E-state index in [0.29, 0.717) is 10.8 Å². The third kappa shape index (κ3) is 5.59. The van der Waals surface area contributed by atoms with Gasteiger partial charge < -0.3 is 19.7 Å². The highest BCUT2D eigenvalue weighted by Crippen LogP contribution is 2.21. The van der Waals surface area contributed by atoms with Gasteiger partial charge in [-0.2, -0.15) is 0 Å². The second kappa shape index (κ2) is 8.73. The molecule has 0 radical (unpaired) electrons. The first-order valence-corrected chi connectivity index (χ1v) is 8.64. The SMILES string of the molecule is CC(=O)NC(CC(=O)N(C)Cc1cc(C(=O)O)c(C)o1)c1ccc(Cl)cc1. The average molecular weight is 393 g/mol. The van der Waals surface area contributed by atoms with Crippen molar-refractivity contribution in [3.63, 3.8) is 0 Å². The number of amides is 2. The van der Waals surface area contributed by atoms with Gasteiger partial charge in [-0.3, -0.25) is 9.59 Å². The van der Waals surface area contributed by atoms with Crippen molar-refractivity contribution in [1.29, 1.82) is 0 Å². The molecule has 0 aliphatic heterocycles. The summed E-state index contributed by atoms with van der Waals surface area (Å²) >= 11 is 5.89. The van der Waals surface area contributed by atoms with Crippen molar-refractivity contribution in [3.05, 3.63) is 58.0 Å². The number of nitrogens with zero attached hydrogens (tertiary/aromatic N) is 1. The summed E-state index contributed by atoms with van der Waals surface area (Å²) in [7, 11) is 1.59. The molecule has 1 heterocycles. The quantitative estimate of drug-likeness (QED) is 0.753. The van der Waals surface area contributed by atoms with Crippen LogP contribution in [0.25, 0.3) is 0 Å². The molecule has 2 N–H and O–H groups in total. The molecule has 1 aromatic carbocycles. The van der Waals surface area contributed by atoms with Crippen molar-refractivity contribution < 1.29 is 23.9 Å². The summed E-state index contributed by atoms with van der Waals surface area (Å²) in [4.78, 5) is 36.6. The molecule has 2 amide bonds. The third-order valence-corrected chi connectivity index (χ3v) is 4.30. The maximum Gasteiger partial charge on any atom is 0.339 e. The molecule has 0 spiro atoms. The molecule has 0 aliphatic carbocycles. The first-order chi connectivity index (χ1) is 12.7. The van der Waals surface area contributed by atoms with Crippen molar-refractivity contribution in [2.45, 2.75) is 32.9 Å². The van der Waals surface area contributed by atoms with Crippen LogP contribution >= 0.6 is 11.6 Å². The molecule has 1 aromatic heterocycles. The molecule has 8 heteroatoms. The van der Waals surface area contributed by atoms with Gasteiger partial charge in [-0.1, -0.05) is 23.7 Å². The van der Waals surface area contributed by atoms with Crippen molar-refractivity contribution in [2.24, 2.45) is 0 Å². The van der Waals surface area contributed by atoms with Gasteiger partial charge in [-0.25, -0.2) is 4.79 Å². The molecular weight excluding hydrogens is 372 g/mol. The molecular formula is C19H21ClN2O5. The van der Waals surface area contributed by atoms with Crippen LogP contribution < -0.4 is 5.32 Å². The highest BCUT2D eigenvalue weighted by Gasteiger charge is 2.21. The Balaban J connectivity index is 2.09. The van der Waals surface area contributed by atoms with Gasteiger partial charge >= 0.3 is 5.97 Å². The van der Waals surface area contributed by atoms with Crippen LogP contribution in [0.1, 0.15) is 46.8 Å². The lowest BCUT2D eigenvalue weighted by Gasteiger charge is -2.22. The molecule has 2 rings (SSSR count). The summed E-state index contributed by atoms with van der Waals surface area (Å²) in [6, 6.07) is 7.81. The number of aromatic carboxylic acids is 1. The maximum atomic E-state index is 12.6. The fourth-order valence-electron chi connectivity index (χ4n) is 2.68. The van der Waals surface area contributed by atoms with E-state index >= 15 is 0 Å². The predicted octanol–water partition coefficient (Wildman–Crippen LogP) is 3.17. The molecule has 144 valence electrons. The Bertz CT molecular complexity index is 844. The number of benzene rings is 1. The number of hydrogen-bond acceptors (Lipinski definition) is 4. The van der Waals surface area contributed by atoms with Crippen molar-refractivity contribution in [1.82, 2.24) is 10.2 Å². The van der Waals surface area contributed by atoms with Crippen LogP contribution in [-0.4, -0.2) is 34.8 Å². The largest absolute Gasteiger partial charge is 0.478 e. The van der Waals surface area contributed by atoms with E-state index < -0.39 is 12.0 Å². The van der Waals surface area contributed by atoms with Gasteiger partial charge in [0.2, 0.25) is 11.8 Å². The lowest BCUT2D eigenvalue weighted by Crippen LogP contribution is -2.33. The third-order valence-electron chi connectivity index (χ3n) is 4.05. The van der Waals surface area contributed by atoms with Gasteiger partial charge in [-0.15, -0.1) is 0 Å². The summed E-state index contributed by atoms with van der Waals surface area (Å²) in [6.07, 6.45) is 0.0448. The number of carbonyl (C=O) groups excluding carboxylic acids is 2. The number of carboxylic acid groups (broad SMARTS) is 1. The smallest absolute Gasteiger partial charge is 0.339 e. The number of furan rings is 1. The molecule has 27 heavy (non-hydrogen) atoms. The Morgan fingerprint density at radius 1 is 1.26 bits per heavy atom. The molecule has 2 aromatic rings. The minimum absolute atomic E-state index is 0.0448. The van der Waals surface area contributed by atoms with E-state index in [2.05, 4.69) is 5.32 Å². The van der Waals surface area contributed by atoms with Crippen LogP contribution in [0.3, 0.4) is 0 Å². The Morgan fingerprint density at radius 3 is 2.41 bits per heavy atom. The summed E-state index contributed by atoms with van der Waals surface area (Å²) in [6.45, 7) is 3.07. The predicted molar refractivity (Wildman–Crippen MR) is 99.5 cm³/mol. The number of aryl methyl sites for hydroxylation is 1. The average Bonchev–Trinajstić information content (AvgIpc) is 2.95. The molecule has 0 bridgehead atoms. The normalized spacial score (nSPS) is 11.7. The van der Waals surface area contributed by atoms with Crippen molar-refractivity contribution in [3.8, 4) is 0 Å². The van der Waals surface area contributed by atoms with Gasteiger partial charge in [0.05, 0.1) is 19.0 Å². The highest BCUT2D eigenvalue weighted by molar-refractivity contribution is 6.30. The summed E-state index contributed by atoms with van der Waals surface area (Å²) in [5, 5.41) is 12.4. The highest BCUT2D eigenvalue weighted by atomic mass is 35.5. The monoisotopic (exact) mass is 392 g/mol. The van der Waals surface area contributed by atoms with E-state index in [1.54, 1.807) is 38.2 Å². The fourth-order valence-corrected chi connectivity index (χ4v) is 2.80. The molecule has 0 saturated heterocycles. The summed E-state index contributed by atoms with van der Waals surface area (Å²) < 4.78 is 5.40. The molecule has 7 nitrogen and oxygen atoms in total. The van der Waals surface area contributed by atoms with Gasteiger partial charge in [0.1, 0.15) is 17.1 Å². The van der Waals surface area contributed by atoms with Crippen LogP contribution in [-0.2, 0) is 16.1 Å². The van der Waals surface area contributed by atoms with Gasteiger partial charge in [0.25, 0.3) is 0 Å². The first kappa shape index (κ1) is 20.5. The Morgan fingerprint density at radius 2 is 1.89 bits per heavy atom. The standard InChI is InChI=1S/C19H21ClN2O5/c1-11-16(19(25)26)8-15(27-11)10-22(3)18(24)9-17(21-12(2)23)13-4-6-14(20)7-5-13/h4-8,17H,9-10H2,1-3H3,(H,21,23)(H,25,26). The zero-order valence-corrected chi connectivity index (χ0v) is 16.0. The molecule has 0 saturated carbocycles. The van der Waals surface area contributed by atoms with E-state index in [1.165, 1.54) is 17.9 Å². The van der Waals surface area contributed by atoms with Gasteiger partial charge in [-0.05, 0) is 30.7 Å². The minimum atomic E-state index is -1.08. The number of carboxylic acids is 1. The minimum Gasteiger partial charge on any atom is -0.478 e. The van der Waals surface area contributed by atoms with Crippen LogP contribution in [0.2, 0.25) is 5.02 Å². The molecule has 1 unspecified atom stereocenters. The second-order valence-corrected chi connectivity index (χ2v) is 6.68. The summed E-state index contributed by atoms with van der Waals surface area (Å²) in [5.74, 6) is -0.892. The second-order valence-electron chi connectivity index (χ2n) is 6.25. The zero-order chi connectivity index (χ0) is 20.1. The number of carbonyl (C=O) groups is 3. The van der Waals surface area contributed by atoms with Gasteiger partial charge in [0.15, 0.2) is 0 Å². The number of rotatable bonds is 7. The number of halogens is 1. The van der Waals surface area contributed by atoms with E-state index in [9.17, 15) is 14.4 Å². The van der Waals surface area contributed by atoms with Crippen LogP contribution in [0.4, 0.5) is 0 Å². The van der Waals surface area contributed by atoms with Crippen molar-refractivity contribution >= 4 is 29.4 Å². The van der Waals surface area contributed by atoms with Crippen molar-refractivity contribution in [2.75, 3.05) is 7.05 Å². The molecule has 1 atom stereocenters. The van der Waals surface area contributed by atoms with E-state index in [1.807, 2.05) is 0 Å². The van der Waals surface area contributed by atoms with Crippen LogP contribution in [0.15, 0.2) is 34.7 Å². The van der Waals surface area contributed by atoms with E-state index in [-0.39, 0.29) is 36.1 Å². The summed E-state index contributed by atoms with van der Waals surface area (Å²) in [5.41, 5.74) is 0.835. The Kier molecular flexibility index (Phi) is 6.63. The maximum absolute atomic E-state index is 12.6.